The Bertz CT molecular complexity index is 437. The van der Waals surface area contributed by atoms with Crippen LogP contribution in [-0.4, -0.2) is 73.1 Å². The maximum absolute atomic E-state index is 13.0. The van der Waals surface area contributed by atoms with Gasteiger partial charge in [-0.2, -0.15) is 0 Å². The maximum atomic E-state index is 13.0. The molecule has 0 saturated carbocycles. The molecule has 6 nitrogen and oxygen atoms in total. The van der Waals surface area contributed by atoms with E-state index in [1.54, 1.807) is 0 Å². The van der Waals surface area contributed by atoms with E-state index in [4.69, 9.17) is 4.74 Å². The topological polar surface area (TPSA) is 61.9 Å². The molecule has 3 heterocycles. The SMILES string of the molecule is CNC1CCCN(C(=O)C2CCCCN2C(=O)C2CCCO2)C1. The molecule has 3 aliphatic rings. The standard InChI is InChI=1S/C17H29N3O3/c1-18-13-6-4-9-19(12-13)16(21)14-7-2-3-10-20(14)17(22)15-8-5-11-23-15/h13-15,18H,2-12H2,1H3. The van der Waals surface area contributed by atoms with Crippen molar-refractivity contribution in [2.45, 2.75) is 63.1 Å². The van der Waals surface area contributed by atoms with Crippen molar-refractivity contribution in [3.8, 4) is 0 Å². The third-order valence-corrected chi connectivity index (χ3v) is 5.42. The molecule has 0 bridgehead atoms. The summed E-state index contributed by atoms with van der Waals surface area (Å²) in [6.07, 6.45) is 6.36. The molecule has 6 heteroatoms. The number of hydrogen-bond donors (Lipinski definition) is 1. The number of likely N-dealkylation sites (N-methyl/N-ethyl adjacent to an activating group) is 1. The Balaban J connectivity index is 1.67. The summed E-state index contributed by atoms with van der Waals surface area (Å²) >= 11 is 0. The van der Waals surface area contributed by atoms with Crippen molar-refractivity contribution in [1.82, 2.24) is 15.1 Å². The van der Waals surface area contributed by atoms with Crippen LogP contribution < -0.4 is 5.32 Å². The second-order valence-electron chi connectivity index (χ2n) is 6.96. The van der Waals surface area contributed by atoms with Gasteiger partial charge in [-0.25, -0.2) is 0 Å². The summed E-state index contributed by atoms with van der Waals surface area (Å²) in [6, 6.07) is 0.0923. The van der Waals surface area contributed by atoms with Crippen LogP contribution in [0.15, 0.2) is 0 Å². The average Bonchev–Trinajstić information content (AvgIpc) is 3.15. The van der Waals surface area contributed by atoms with Crippen LogP contribution in [0.3, 0.4) is 0 Å². The van der Waals surface area contributed by atoms with E-state index in [1.807, 2.05) is 16.8 Å². The van der Waals surface area contributed by atoms with Crippen molar-refractivity contribution < 1.29 is 14.3 Å². The monoisotopic (exact) mass is 323 g/mol. The van der Waals surface area contributed by atoms with E-state index in [0.29, 0.717) is 19.2 Å². The second-order valence-corrected chi connectivity index (χ2v) is 6.96. The summed E-state index contributed by atoms with van der Waals surface area (Å²) in [7, 11) is 1.95. The predicted octanol–water partition coefficient (Wildman–Crippen LogP) is 0.757. The van der Waals surface area contributed by atoms with Gasteiger partial charge in [-0.05, 0) is 52.0 Å². The molecule has 3 rings (SSSR count). The highest BCUT2D eigenvalue weighted by Crippen LogP contribution is 2.24. The number of nitrogens with one attached hydrogen (secondary N) is 1. The van der Waals surface area contributed by atoms with Crippen molar-refractivity contribution >= 4 is 11.8 Å². The van der Waals surface area contributed by atoms with Crippen LogP contribution in [0.5, 0.6) is 0 Å². The third-order valence-electron chi connectivity index (χ3n) is 5.42. The summed E-state index contributed by atoms with van der Waals surface area (Å²) < 4.78 is 5.55. The zero-order valence-electron chi connectivity index (χ0n) is 14.1. The first-order valence-electron chi connectivity index (χ1n) is 9.09. The molecule has 3 saturated heterocycles. The summed E-state index contributed by atoms with van der Waals surface area (Å²) in [5.41, 5.74) is 0. The van der Waals surface area contributed by atoms with Gasteiger partial charge in [0.15, 0.2) is 0 Å². The number of likely N-dealkylation sites (tertiary alicyclic amines) is 2. The number of piperidine rings is 2. The fraction of sp³-hybridized carbons (Fsp3) is 0.882. The van der Waals surface area contributed by atoms with Gasteiger partial charge in [-0.3, -0.25) is 9.59 Å². The van der Waals surface area contributed by atoms with E-state index in [9.17, 15) is 9.59 Å². The molecule has 1 N–H and O–H groups in total. The van der Waals surface area contributed by atoms with Gasteiger partial charge in [0.05, 0.1) is 0 Å². The Morgan fingerprint density at radius 2 is 1.87 bits per heavy atom. The highest BCUT2D eigenvalue weighted by molar-refractivity contribution is 5.89. The maximum Gasteiger partial charge on any atom is 0.252 e. The molecule has 23 heavy (non-hydrogen) atoms. The zero-order valence-corrected chi connectivity index (χ0v) is 14.1. The lowest BCUT2D eigenvalue weighted by Crippen LogP contribution is -2.57. The summed E-state index contributed by atoms with van der Waals surface area (Å²) in [6.45, 7) is 2.93. The minimum atomic E-state index is -0.324. The van der Waals surface area contributed by atoms with Crippen LogP contribution in [0.4, 0.5) is 0 Å². The summed E-state index contributed by atoms with van der Waals surface area (Å²) in [5.74, 6) is 0.165. The van der Waals surface area contributed by atoms with E-state index >= 15 is 0 Å². The minimum absolute atomic E-state index is 0.0303. The predicted molar refractivity (Wildman–Crippen MR) is 87.0 cm³/mol. The molecule has 130 valence electrons. The fourth-order valence-electron chi connectivity index (χ4n) is 4.03. The van der Waals surface area contributed by atoms with E-state index in [-0.39, 0.29) is 24.0 Å². The minimum Gasteiger partial charge on any atom is -0.368 e. The van der Waals surface area contributed by atoms with Gasteiger partial charge >= 0.3 is 0 Å². The van der Waals surface area contributed by atoms with Gasteiger partial charge in [-0.15, -0.1) is 0 Å². The zero-order chi connectivity index (χ0) is 16.2. The molecule has 0 aromatic heterocycles. The highest BCUT2D eigenvalue weighted by atomic mass is 16.5. The molecule has 0 spiro atoms. The molecule has 3 aliphatic heterocycles. The number of hydrogen-bond acceptors (Lipinski definition) is 4. The normalized spacial score (nSPS) is 32.1. The van der Waals surface area contributed by atoms with Crippen LogP contribution >= 0.6 is 0 Å². The van der Waals surface area contributed by atoms with Crippen LogP contribution in [0, 0.1) is 0 Å². The lowest BCUT2D eigenvalue weighted by Gasteiger charge is -2.41. The first-order valence-corrected chi connectivity index (χ1v) is 9.09. The average molecular weight is 323 g/mol. The first-order chi connectivity index (χ1) is 11.2. The Morgan fingerprint density at radius 3 is 2.61 bits per heavy atom. The Morgan fingerprint density at radius 1 is 1.00 bits per heavy atom. The lowest BCUT2D eigenvalue weighted by atomic mass is 9.97. The summed E-state index contributed by atoms with van der Waals surface area (Å²) in [5, 5.41) is 3.28. The van der Waals surface area contributed by atoms with Crippen molar-refractivity contribution in [2.75, 3.05) is 33.3 Å². The van der Waals surface area contributed by atoms with Gasteiger partial charge in [-0.1, -0.05) is 0 Å². The number of carbonyl (C=O) groups is 2. The molecular formula is C17H29N3O3. The fourth-order valence-corrected chi connectivity index (χ4v) is 4.03. The molecular weight excluding hydrogens is 294 g/mol. The van der Waals surface area contributed by atoms with Crippen molar-refractivity contribution in [2.24, 2.45) is 0 Å². The Labute approximate surface area is 138 Å². The molecule has 3 unspecified atom stereocenters. The van der Waals surface area contributed by atoms with Gasteiger partial charge in [0, 0.05) is 32.3 Å². The molecule has 3 atom stereocenters. The first kappa shape index (κ1) is 16.7. The van der Waals surface area contributed by atoms with Crippen molar-refractivity contribution in [3.05, 3.63) is 0 Å². The van der Waals surface area contributed by atoms with Crippen LogP contribution in [0.1, 0.15) is 44.9 Å². The Kier molecular flexibility index (Phi) is 5.54. The lowest BCUT2D eigenvalue weighted by molar-refractivity contribution is -0.153. The Hall–Kier alpha value is -1.14. The number of rotatable bonds is 3. The highest BCUT2D eigenvalue weighted by Gasteiger charge is 2.39. The second kappa shape index (κ2) is 7.62. The van der Waals surface area contributed by atoms with Crippen molar-refractivity contribution in [3.63, 3.8) is 0 Å². The van der Waals surface area contributed by atoms with Gasteiger partial charge in [0.25, 0.3) is 5.91 Å². The smallest absolute Gasteiger partial charge is 0.252 e. The van der Waals surface area contributed by atoms with Gasteiger partial charge < -0.3 is 19.9 Å². The van der Waals surface area contributed by atoms with E-state index < -0.39 is 0 Å². The number of amides is 2. The van der Waals surface area contributed by atoms with Crippen LogP contribution in [-0.2, 0) is 14.3 Å². The van der Waals surface area contributed by atoms with E-state index in [0.717, 1.165) is 58.0 Å². The largest absolute Gasteiger partial charge is 0.368 e. The molecule has 0 aliphatic carbocycles. The van der Waals surface area contributed by atoms with Crippen molar-refractivity contribution in [1.29, 1.82) is 0 Å². The third kappa shape index (κ3) is 3.69. The van der Waals surface area contributed by atoms with E-state index in [1.165, 1.54) is 0 Å². The molecule has 2 amide bonds. The molecule has 0 radical (unpaired) electrons. The number of ether oxygens (including phenoxy) is 1. The quantitative estimate of drug-likeness (QED) is 0.833. The number of nitrogens with zero attached hydrogens (tertiary/aromatic N) is 2. The van der Waals surface area contributed by atoms with Gasteiger partial charge in [0.1, 0.15) is 12.1 Å². The molecule has 3 fully saturated rings. The molecule has 0 aromatic rings. The van der Waals surface area contributed by atoms with E-state index in [2.05, 4.69) is 5.32 Å². The number of carbonyl (C=O) groups excluding carboxylic acids is 2. The van der Waals surface area contributed by atoms with Crippen LogP contribution in [0.2, 0.25) is 0 Å². The summed E-state index contributed by atoms with van der Waals surface area (Å²) in [4.78, 5) is 29.5. The van der Waals surface area contributed by atoms with Gasteiger partial charge in [0.2, 0.25) is 5.91 Å². The molecule has 0 aromatic carbocycles. The van der Waals surface area contributed by atoms with Crippen LogP contribution in [0.25, 0.3) is 0 Å².